The molecular weight excluding hydrogens is 242 g/mol. The van der Waals surface area contributed by atoms with Crippen molar-refractivity contribution in [2.75, 3.05) is 31.6 Å². The van der Waals surface area contributed by atoms with Crippen LogP contribution in [0.4, 0.5) is 5.82 Å². The van der Waals surface area contributed by atoms with E-state index in [1.807, 2.05) is 6.07 Å². The summed E-state index contributed by atoms with van der Waals surface area (Å²) in [5.74, 6) is 1.75. The molecule has 0 spiro atoms. The maximum absolute atomic E-state index is 11.4. The second-order valence-corrected chi connectivity index (χ2v) is 5.06. The second-order valence-electron chi connectivity index (χ2n) is 5.06. The molecule has 0 radical (unpaired) electrons. The van der Waals surface area contributed by atoms with Crippen molar-refractivity contribution in [3.05, 3.63) is 17.8 Å². The van der Waals surface area contributed by atoms with Gasteiger partial charge in [-0.25, -0.2) is 0 Å². The lowest BCUT2D eigenvalue weighted by Gasteiger charge is -2.37. The normalized spacial score (nSPS) is 23.2. The molecule has 1 aliphatic heterocycles. The predicted molar refractivity (Wildman–Crippen MR) is 74.0 cm³/mol. The zero-order valence-electron chi connectivity index (χ0n) is 11.5. The van der Waals surface area contributed by atoms with E-state index in [2.05, 4.69) is 27.3 Å². The first kappa shape index (κ1) is 13.7. The molecule has 1 aliphatic rings. The highest BCUT2D eigenvalue weighted by atomic mass is 16.1. The lowest BCUT2D eigenvalue weighted by Crippen LogP contribution is -2.43. The summed E-state index contributed by atoms with van der Waals surface area (Å²) >= 11 is 0. The van der Waals surface area contributed by atoms with Crippen LogP contribution in [0.3, 0.4) is 0 Å². The Morgan fingerprint density at radius 1 is 1.53 bits per heavy atom. The van der Waals surface area contributed by atoms with Gasteiger partial charge in [-0.3, -0.25) is 4.79 Å². The average Bonchev–Trinajstić information content (AvgIpc) is 2.47. The largest absolute Gasteiger partial charge is 0.355 e. The monoisotopic (exact) mass is 263 g/mol. The Kier molecular flexibility index (Phi) is 4.31. The molecule has 0 aromatic carbocycles. The number of nitrogens with zero attached hydrogens (tertiary/aromatic N) is 3. The van der Waals surface area contributed by atoms with Crippen molar-refractivity contribution in [1.29, 1.82) is 0 Å². The SMILES string of the molecule is CNC(=O)c1ccc(N2CCC(C)C(CN)C2)nn1. The Morgan fingerprint density at radius 3 is 2.89 bits per heavy atom. The van der Waals surface area contributed by atoms with Crippen molar-refractivity contribution >= 4 is 11.7 Å². The van der Waals surface area contributed by atoms with E-state index >= 15 is 0 Å². The van der Waals surface area contributed by atoms with Gasteiger partial charge in [-0.1, -0.05) is 6.92 Å². The summed E-state index contributed by atoms with van der Waals surface area (Å²) in [4.78, 5) is 13.6. The molecule has 0 bridgehead atoms. The first-order valence-corrected chi connectivity index (χ1v) is 6.66. The number of amides is 1. The van der Waals surface area contributed by atoms with Crippen LogP contribution in [0, 0.1) is 11.8 Å². The van der Waals surface area contributed by atoms with Gasteiger partial charge in [0, 0.05) is 20.1 Å². The van der Waals surface area contributed by atoms with E-state index in [1.54, 1.807) is 13.1 Å². The van der Waals surface area contributed by atoms with Crippen LogP contribution in [0.5, 0.6) is 0 Å². The number of nitrogens with one attached hydrogen (secondary N) is 1. The highest BCUT2D eigenvalue weighted by Crippen LogP contribution is 2.25. The number of rotatable bonds is 3. The Balaban J connectivity index is 2.08. The number of carbonyl (C=O) groups excluding carboxylic acids is 1. The summed E-state index contributed by atoms with van der Waals surface area (Å²) in [6.07, 6.45) is 1.11. The van der Waals surface area contributed by atoms with Gasteiger partial charge in [0.15, 0.2) is 11.5 Å². The van der Waals surface area contributed by atoms with Gasteiger partial charge in [-0.15, -0.1) is 10.2 Å². The second kappa shape index (κ2) is 5.97. The molecule has 0 aliphatic carbocycles. The summed E-state index contributed by atoms with van der Waals surface area (Å²) in [5, 5.41) is 10.6. The van der Waals surface area contributed by atoms with Gasteiger partial charge in [0.1, 0.15) is 0 Å². The third-order valence-electron chi connectivity index (χ3n) is 3.85. The zero-order chi connectivity index (χ0) is 13.8. The molecule has 1 aromatic rings. The van der Waals surface area contributed by atoms with Crippen LogP contribution in [0.1, 0.15) is 23.8 Å². The van der Waals surface area contributed by atoms with Crippen LogP contribution < -0.4 is 16.0 Å². The minimum Gasteiger partial charge on any atom is -0.355 e. The van der Waals surface area contributed by atoms with Gasteiger partial charge >= 0.3 is 0 Å². The van der Waals surface area contributed by atoms with E-state index in [4.69, 9.17) is 5.73 Å². The summed E-state index contributed by atoms with van der Waals surface area (Å²) in [6.45, 7) is 4.81. The van der Waals surface area contributed by atoms with E-state index in [0.29, 0.717) is 24.1 Å². The third kappa shape index (κ3) is 3.01. The smallest absolute Gasteiger partial charge is 0.271 e. The number of hydrogen-bond donors (Lipinski definition) is 2. The minimum atomic E-state index is -0.217. The Labute approximate surface area is 113 Å². The molecule has 6 heteroatoms. The third-order valence-corrected chi connectivity index (χ3v) is 3.85. The van der Waals surface area contributed by atoms with Gasteiger partial charge < -0.3 is 16.0 Å². The van der Waals surface area contributed by atoms with Crippen molar-refractivity contribution in [2.24, 2.45) is 17.6 Å². The Bertz CT molecular complexity index is 433. The average molecular weight is 263 g/mol. The number of nitrogens with two attached hydrogens (primary N) is 1. The summed E-state index contributed by atoms with van der Waals surface area (Å²) < 4.78 is 0. The fraction of sp³-hybridized carbons (Fsp3) is 0.615. The molecule has 19 heavy (non-hydrogen) atoms. The molecule has 1 fully saturated rings. The van der Waals surface area contributed by atoms with Crippen molar-refractivity contribution in [3.8, 4) is 0 Å². The van der Waals surface area contributed by atoms with Gasteiger partial charge in [-0.05, 0) is 36.9 Å². The molecular formula is C13H21N5O. The number of hydrogen-bond acceptors (Lipinski definition) is 5. The first-order chi connectivity index (χ1) is 9.15. The van der Waals surface area contributed by atoms with E-state index in [-0.39, 0.29) is 5.91 Å². The number of piperidine rings is 1. The highest BCUT2D eigenvalue weighted by molar-refractivity contribution is 5.91. The zero-order valence-corrected chi connectivity index (χ0v) is 11.5. The molecule has 1 saturated heterocycles. The van der Waals surface area contributed by atoms with Gasteiger partial charge in [0.05, 0.1) is 0 Å². The molecule has 2 rings (SSSR count). The Hall–Kier alpha value is -1.69. The molecule has 1 amide bonds. The van der Waals surface area contributed by atoms with E-state index in [0.717, 1.165) is 25.3 Å². The molecule has 2 heterocycles. The van der Waals surface area contributed by atoms with Crippen molar-refractivity contribution < 1.29 is 4.79 Å². The lowest BCUT2D eigenvalue weighted by molar-refractivity contribution is 0.0957. The Morgan fingerprint density at radius 2 is 2.32 bits per heavy atom. The molecule has 1 aromatic heterocycles. The van der Waals surface area contributed by atoms with E-state index in [1.165, 1.54) is 0 Å². The fourth-order valence-electron chi connectivity index (χ4n) is 2.41. The topological polar surface area (TPSA) is 84.1 Å². The van der Waals surface area contributed by atoms with Crippen LogP contribution in [-0.2, 0) is 0 Å². The molecule has 104 valence electrons. The quantitative estimate of drug-likeness (QED) is 0.817. The summed E-state index contributed by atoms with van der Waals surface area (Å²) in [6, 6.07) is 3.55. The lowest BCUT2D eigenvalue weighted by atomic mass is 9.87. The molecule has 6 nitrogen and oxygen atoms in total. The van der Waals surface area contributed by atoms with Crippen LogP contribution in [0.15, 0.2) is 12.1 Å². The molecule has 2 atom stereocenters. The summed E-state index contributed by atoms with van der Waals surface area (Å²) in [5.41, 5.74) is 6.14. The van der Waals surface area contributed by atoms with Gasteiger partial charge in [0.2, 0.25) is 0 Å². The van der Waals surface area contributed by atoms with Gasteiger partial charge in [0.25, 0.3) is 5.91 Å². The fourth-order valence-corrected chi connectivity index (χ4v) is 2.41. The maximum Gasteiger partial charge on any atom is 0.271 e. The van der Waals surface area contributed by atoms with Crippen molar-refractivity contribution in [2.45, 2.75) is 13.3 Å². The predicted octanol–water partition coefficient (Wildman–Crippen LogP) is 0.257. The van der Waals surface area contributed by atoms with Crippen LogP contribution >= 0.6 is 0 Å². The molecule has 3 N–H and O–H groups in total. The number of carbonyl (C=O) groups is 1. The van der Waals surface area contributed by atoms with Gasteiger partial charge in [-0.2, -0.15) is 0 Å². The van der Waals surface area contributed by atoms with Crippen molar-refractivity contribution in [1.82, 2.24) is 15.5 Å². The first-order valence-electron chi connectivity index (χ1n) is 6.66. The highest BCUT2D eigenvalue weighted by Gasteiger charge is 2.26. The van der Waals surface area contributed by atoms with Crippen LogP contribution in [0.2, 0.25) is 0 Å². The summed E-state index contributed by atoms with van der Waals surface area (Å²) in [7, 11) is 1.58. The van der Waals surface area contributed by atoms with E-state index in [9.17, 15) is 4.79 Å². The molecule has 0 saturated carbocycles. The maximum atomic E-state index is 11.4. The molecule has 2 unspecified atom stereocenters. The van der Waals surface area contributed by atoms with E-state index < -0.39 is 0 Å². The van der Waals surface area contributed by atoms with Crippen LogP contribution in [-0.4, -0.2) is 42.8 Å². The standard InChI is InChI=1S/C13H21N5O/c1-9-5-6-18(8-10(9)7-14)12-4-3-11(16-17-12)13(19)15-2/h3-4,9-10H,5-8,14H2,1-2H3,(H,15,19). The number of aromatic nitrogens is 2. The minimum absolute atomic E-state index is 0.217. The number of anilines is 1. The van der Waals surface area contributed by atoms with Crippen molar-refractivity contribution in [3.63, 3.8) is 0 Å². The van der Waals surface area contributed by atoms with Crippen LogP contribution in [0.25, 0.3) is 0 Å².